The number of nitrogens with one attached hydrogen (secondary N) is 1. The Morgan fingerprint density at radius 1 is 1.36 bits per heavy atom. The van der Waals surface area contributed by atoms with Gasteiger partial charge in [-0.15, -0.1) is 0 Å². The van der Waals surface area contributed by atoms with Crippen LogP contribution in [-0.4, -0.2) is 22.3 Å². The molecule has 0 bridgehead atoms. The zero-order valence-electron chi connectivity index (χ0n) is 12.7. The molecule has 5 nitrogen and oxygen atoms in total. The molecule has 116 valence electrons. The number of anilines is 1. The lowest BCUT2D eigenvalue weighted by atomic mass is 10.2. The van der Waals surface area contributed by atoms with Crippen molar-refractivity contribution in [1.82, 2.24) is 9.78 Å². The third-order valence-electron chi connectivity index (χ3n) is 3.97. The smallest absolute Gasteiger partial charge is 0.251 e. The molecule has 0 aliphatic heterocycles. The molecule has 1 atom stereocenters. The van der Waals surface area contributed by atoms with Crippen LogP contribution in [0.2, 0.25) is 0 Å². The maximum Gasteiger partial charge on any atom is 0.251 e. The Labute approximate surface area is 130 Å². The normalized spacial score (nSPS) is 15.5. The van der Waals surface area contributed by atoms with Gasteiger partial charge in [-0.25, -0.2) is 4.68 Å². The van der Waals surface area contributed by atoms with Crippen LogP contribution in [-0.2, 0) is 16.1 Å². The molecule has 1 aromatic carbocycles. The lowest BCUT2D eigenvalue weighted by Gasteiger charge is -2.15. The van der Waals surface area contributed by atoms with Gasteiger partial charge in [0, 0.05) is 6.07 Å². The standard InChI is InChI=1S/C17H21N3O2/c1-13(15-7-8-15)20-16(9-10-18-20)19-17(21)12-22-11-14-5-3-2-4-6-14/h2-6,9-10,13,15H,7-8,11-12H2,1H3,(H,19,21). The highest BCUT2D eigenvalue weighted by molar-refractivity contribution is 5.90. The minimum absolute atomic E-state index is 0.0396. The molecule has 1 aliphatic carbocycles. The van der Waals surface area contributed by atoms with Gasteiger partial charge < -0.3 is 10.1 Å². The van der Waals surface area contributed by atoms with Crippen LogP contribution in [0.1, 0.15) is 31.4 Å². The molecule has 0 spiro atoms. The molecule has 1 aromatic heterocycles. The van der Waals surface area contributed by atoms with Crippen LogP contribution in [0.15, 0.2) is 42.6 Å². The molecule has 3 rings (SSSR count). The average Bonchev–Trinajstić information content (AvgIpc) is 3.28. The number of ether oxygens (including phenoxy) is 1. The molecule has 1 fully saturated rings. The van der Waals surface area contributed by atoms with Gasteiger partial charge in [-0.2, -0.15) is 5.10 Å². The predicted octanol–water partition coefficient (Wildman–Crippen LogP) is 3.01. The summed E-state index contributed by atoms with van der Waals surface area (Å²) in [5.74, 6) is 1.28. The Kier molecular flexibility index (Phi) is 4.53. The van der Waals surface area contributed by atoms with Crippen molar-refractivity contribution in [2.75, 3.05) is 11.9 Å². The van der Waals surface area contributed by atoms with Crippen molar-refractivity contribution < 1.29 is 9.53 Å². The number of hydrogen-bond donors (Lipinski definition) is 1. The first-order valence-electron chi connectivity index (χ1n) is 7.69. The molecular formula is C17H21N3O2. The van der Waals surface area contributed by atoms with Crippen molar-refractivity contribution in [2.24, 2.45) is 5.92 Å². The monoisotopic (exact) mass is 299 g/mol. The van der Waals surface area contributed by atoms with E-state index in [2.05, 4.69) is 17.3 Å². The van der Waals surface area contributed by atoms with Gasteiger partial charge in [0.05, 0.1) is 18.8 Å². The highest BCUT2D eigenvalue weighted by atomic mass is 16.5. The number of aromatic nitrogens is 2. The molecule has 5 heteroatoms. The molecule has 1 heterocycles. The molecule has 1 saturated carbocycles. The molecule has 1 N–H and O–H groups in total. The first kappa shape index (κ1) is 14.8. The molecule has 1 amide bonds. The minimum atomic E-state index is -0.152. The Morgan fingerprint density at radius 2 is 2.14 bits per heavy atom. The molecule has 22 heavy (non-hydrogen) atoms. The fourth-order valence-electron chi connectivity index (χ4n) is 2.53. The fourth-order valence-corrected chi connectivity index (χ4v) is 2.53. The predicted molar refractivity (Wildman–Crippen MR) is 84.4 cm³/mol. The summed E-state index contributed by atoms with van der Waals surface area (Å²) in [6.07, 6.45) is 4.21. The zero-order chi connectivity index (χ0) is 15.4. The van der Waals surface area contributed by atoms with Gasteiger partial charge in [0.15, 0.2) is 0 Å². The van der Waals surface area contributed by atoms with Crippen LogP contribution < -0.4 is 5.32 Å². The first-order valence-corrected chi connectivity index (χ1v) is 7.69. The maximum absolute atomic E-state index is 12.0. The Balaban J connectivity index is 1.48. The molecule has 0 radical (unpaired) electrons. The largest absolute Gasteiger partial charge is 0.367 e. The third-order valence-corrected chi connectivity index (χ3v) is 3.97. The molecule has 1 aliphatic rings. The molecular weight excluding hydrogens is 278 g/mol. The van der Waals surface area contributed by atoms with E-state index >= 15 is 0 Å². The van der Waals surface area contributed by atoms with Crippen LogP contribution >= 0.6 is 0 Å². The van der Waals surface area contributed by atoms with E-state index < -0.39 is 0 Å². The van der Waals surface area contributed by atoms with Gasteiger partial charge in [0.25, 0.3) is 5.91 Å². The molecule has 1 unspecified atom stereocenters. The Bertz CT molecular complexity index is 620. The van der Waals surface area contributed by atoms with Crippen LogP contribution in [0.4, 0.5) is 5.82 Å². The molecule has 2 aromatic rings. The van der Waals surface area contributed by atoms with Crippen molar-refractivity contribution in [1.29, 1.82) is 0 Å². The average molecular weight is 299 g/mol. The Morgan fingerprint density at radius 3 is 2.86 bits per heavy atom. The number of rotatable bonds is 7. The van der Waals surface area contributed by atoms with Crippen molar-refractivity contribution in [3.8, 4) is 0 Å². The van der Waals surface area contributed by atoms with Crippen LogP contribution in [0.5, 0.6) is 0 Å². The maximum atomic E-state index is 12.0. The topological polar surface area (TPSA) is 56.2 Å². The second-order valence-corrected chi connectivity index (χ2v) is 5.77. The van der Waals surface area contributed by atoms with Crippen molar-refractivity contribution in [2.45, 2.75) is 32.4 Å². The van der Waals surface area contributed by atoms with Crippen LogP contribution in [0.3, 0.4) is 0 Å². The van der Waals surface area contributed by atoms with E-state index in [1.807, 2.05) is 41.1 Å². The third kappa shape index (κ3) is 3.74. The van der Waals surface area contributed by atoms with Gasteiger partial charge in [-0.05, 0) is 31.2 Å². The number of carbonyl (C=O) groups excluding carboxylic acids is 1. The summed E-state index contributed by atoms with van der Waals surface area (Å²) in [5, 5.41) is 7.20. The first-order chi connectivity index (χ1) is 10.7. The number of amides is 1. The fraction of sp³-hybridized carbons (Fsp3) is 0.412. The summed E-state index contributed by atoms with van der Waals surface area (Å²) in [6.45, 7) is 2.62. The summed E-state index contributed by atoms with van der Waals surface area (Å²) in [7, 11) is 0. The van der Waals surface area contributed by atoms with Gasteiger partial charge in [-0.3, -0.25) is 4.79 Å². The van der Waals surface area contributed by atoms with Crippen molar-refractivity contribution >= 4 is 11.7 Å². The lowest BCUT2D eigenvalue weighted by molar-refractivity contribution is -0.121. The van der Waals surface area contributed by atoms with E-state index in [0.717, 1.165) is 11.4 Å². The highest BCUT2D eigenvalue weighted by Gasteiger charge is 2.30. The number of carbonyl (C=O) groups is 1. The van der Waals surface area contributed by atoms with E-state index in [9.17, 15) is 4.79 Å². The van der Waals surface area contributed by atoms with E-state index in [0.29, 0.717) is 18.6 Å². The van der Waals surface area contributed by atoms with Crippen LogP contribution in [0.25, 0.3) is 0 Å². The summed E-state index contributed by atoms with van der Waals surface area (Å²) < 4.78 is 7.34. The van der Waals surface area contributed by atoms with Gasteiger partial charge in [0.2, 0.25) is 0 Å². The quantitative estimate of drug-likeness (QED) is 0.855. The summed E-state index contributed by atoms with van der Waals surface area (Å²) in [5.41, 5.74) is 1.06. The lowest BCUT2D eigenvalue weighted by Crippen LogP contribution is -2.22. The van der Waals surface area contributed by atoms with E-state index in [4.69, 9.17) is 4.74 Å². The van der Waals surface area contributed by atoms with Crippen molar-refractivity contribution in [3.63, 3.8) is 0 Å². The van der Waals surface area contributed by atoms with Gasteiger partial charge in [0.1, 0.15) is 12.4 Å². The minimum Gasteiger partial charge on any atom is -0.367 e. The number of benzene rings is 1. The summed E-state index contributed by atoms with van der Waals surface area (Å²) in [6, 6.07) is 12.0. The Hall–Kier alpha value is -2.14. The number of hydrogen-bond acceptors (Lipinski definition) is 3. The van der Waals surface area contributed by atoms with Gasteiger partial charge >= 0.3 is 0 Å². The number of nitrogens with zero attached hydrogens (tertiary/aromatic N) is 2. The van der Waals surface area contributed by atoms with E-state index in [1.165, 1.54) is 12.8 Å². The summed E-state index contributed by atoms with van der Waals surface area (Å²) >= 11 is 0. The SMILES string of the molecule is CC(C1CC1)n1nccc1NC(=O)COCc1ccccc1. The second kappa shape index (κ2) is 6.75. The van der Waals surface area contributed by atoms with Crippen LogP contribution in [0, 0.1) is 5.92 Å². The summed E-state index contributed by atoms with van der Waals surface area (Å²) in [4.78, 5) is 12.0. The zero-order valence-corrected chi connectivity index (χ0v) is 12.7. The van der Waals surface area contributed by atoms with E-state index in [-0.39, 0.29) is 12.5 Å². The highest BCUT2D eigenvalue weighted by Crippen LogP contribution is 2.40. The van der Waals surface area contributed by atoms with Gasteiger partial charge in [-0.1, -0.05) is 30.3 Å². The molecule has 0 saturated heterocycles. The van der Waals surface area contributed by atoms with E-state index in [1.54, 1.807) is 6.20 Å². The van der Waals surface area contributed by atoms with Crippen molar-refractivity contribution in [3.05, 3.63) is 48.2 Å². The second-order valence-electron chi connectivity index (χ2n) is 5.77.